The van der Waals surface area contributed by atoms with Crippen LogP contribution in [0, 0.1) is 6.92 Å². The molecule has 0 amide bonds. The van der Waals surface area contributed by atoms with Gasteiger partial charge in [0, 0.05) is 33.9 Å². The van der Waals surface area contributed by atoms with Crippen LogP contribution >= 0.6 is 28.1 Å². The molecule has 0 radical (unpaired) electrons. The van der Waals surface area contributed by atoms with Crippen molar-refractivity contribution in [1.82, 2.24) is 14.9 Å². The summed E-state index contributed by atoms with van der Waals surface area (Å²) in [5.41, 5.74) is 4.91. The number of pyridine rings is 1. The van der Waals surface area contributed by atoms with Crippen LogP contribution < -0.4 is 10.2 Å². The molecule has 6 nitrogen and oxygen atoms in total. The van der Waals surface area contributed by atoms with E-state index in [1.165, 1.54) is 0 Å². The van der Waals surface area contributed by atoms with Gasteiger partial charge >= 0.3 is 5.97 Å². The molecule has 2 atom stereocenters. The highest BCUT2D eigenvalue weighted by Crippen LogP contribution is 2.42. The van der Waals surface area contributed by atoms with E-state index in [2.05, 4.69) is 37.2 Å². The first-order chi connectivity index (χ1) is 16.4. The van der Waals surface area contributed by atoms with E-state index in [9.17, 15) is 9.90 Å². The number of carboxylic acid groups (broad SMARTS) is 1. The number of hydrogen-bond donors (Lipinski definition) is 2. The quantitative estimate of drug-likeness (QED) is 0.315. The van der Waals surface area contributed by atoms with Crippen LogP contribution in [-0.4, -0.2) is 25.7 Å². The van der Waals surface area contributed by atoms with Crippen molar-refractivity contribution in [3.05, 3.63) is 112 Å². The van der Waals surface area contributed by atoms with Gasteiger partial charge in [0.05, 0.1) is 17.3 Å². The number of nitrogens with one attached hydrogen (secondary N) is 1. The van der Waals surface area contributed by atoms with E-state index in [0.29, 0.717) is 5.11 Å². The average molecular weight is 533 g/mol. The molecule has 2 aromatic heterocycles. The number of hydrogen-bond acceptors (Lipinski definition) is 3. The van der Waals surface area contributed by atoms with Crippen molar-refractivity contribution in [3.63, 3.8) is 0 Å². The number of carbonyl (C=O) groups is 1. The van der Waals surface area contributed by atoms with Crippen molar-refractivity contribution in [2.24, 2.45) is 0 Å². The third kappa shape index (κ3) is 3.99. The summed E-state index contributed by atoms with van der Waals surface area (Å²) in [6.07, 6.45) is 3.72. The molecule has 1 aliphatic heterocycles. The van der Waals surface area contributed by atoms with Gasteiger partial charge in [-0.1, -0.05) is 28.1 Å². The minimum absolute atomic E-state index is 0.200. The highest BCUT2D eigenvalue weighted by molar-refractivity contribution is 9.10. The first kappa shape index (κ1) is 22.3. The normalized spacial score (nSPS) is 17.6. The minimum atomic E-state index is -0.961. The highest BCUT2D eigenvalue weighted by atomic mass is 79.9. The molecule has 0 spiro atoms. The zero-order valence-corrected chi connectivity index (χ0v) is 20.6. The van der Waals surface area contributed by atoms with Gasteiger partial charge in [-0.2, -0.15) is 0 Å². The van der Waals surface area contributed by atoms with E-state index in [4.69, 9.17) is 12.2 Å². The second kappa shape index (κ2) is 9.04. The minimum Gasteiger partial charge on any atom is -0.478 e. The predicted octanol–water partition coefficient (Wildman–Crippen LogP) is 5.82. The van der Waals surface area contributed by atoms with Crippen molar-refractivity contribution in [2.75, 3.05) is 4.90 Å². The second-order valence-corrected chi connectivity index (χ2v) is 9.33. The number of aromatic carboxylic acids is 1. The van der Waals surface area contributed by atoms with Gasteiger partial charge in [0.15, 0.2) is 5.11 Å². The van der Waals surface area contributed by atoms with Gasteiger partial charge in [0.25, 0.3) is 0 Å². The Bertz CT molecular complexity index is 1390. The molecule has 34 heavy (non-hydrogen) atoms. The molecule has 0 aliphatic carbocycles. The zero-order chi connectivity index (χ0) is 23.8. The summed E-state index contributed by atoms with van der Waals surface area (Å²) in [5, 5.41) is 13.6. The lowest BCUT2D eigenvalue weighted by Crippen LogP contribution is -2.30. The summed E-state index contributed by atoms with van der Waals surface area (Å²) >= 11 is 9.42. The van der Waals surface area contributed by atoms with E-state index in [1.807, 2.05) is 66.2 Å². The molecular weight excluding hydrogens is 512 g/mol. The molecule has 0 bridgehead atoms. The summed E-state index contributed by atoms with van der Waals surface area (Å²) in [6, 6.07) is 22.5. The Morgan fingerprint density at radius 2 is 1.91 bits per heavy atom. The Morgan fingerprint density at radius 3 is 2.65 bits per heavy atom. The van der Waals surface area contributed by atoms with Gasteiger partial charge in [0.2, 0.25) is 0 Å². The van der Waals surface area contributed by atoms with Crippen molar-refractivity contribution in [1.29, 1.82) is 0 Å². The lowest BCUT2D eigenvalue weighted by Gasteiger charge is -2.29. The fourth-order valence-electron chi connectivity index (χ4n) is 4.37. The highest BCUT2D eigenvalue weighted by Gasteiger charge is 2.42. The largest absolute Gasteiger partial charge is 0.478 e. The van der Waals surface area contributed by atoms with Crippen LogP contribution in [0.25, 0.3) is 5.69 Å². The van der Waals surface area contributed by atoms with Crippen LogP contribution in [0.2, 0.25) is 0 Å². The van der Waals surface area contributed by atoms with Crippen molar-refractivity contribution in [2.45, 2.75) is 19.0 Å². The summed E-state index contributed by atoms with van der Waals surface area (Å²) in [6.45, 7) is 2.05. The van der Waals surface area contributed by atoms with Gasteiger partial charge in [0.1, 0.15) is 6.04 Å². The molecule has 2 N–H and O–H groups in total. The van der Waals surface area contributed by atoms with E-state index in [-0.39, 0.29) is 17.6 Å². The van der Waals surface area contributed by atoms with Crippen LogP contribution in [0.15, 0.2) is 89.7 Å². The summed E-state index contributed by atoms with van der Waals surface area (Å²) in [5.74, 6) is -0.961. The molecular formula is C26H21BrN4O2S. The molecule has 1 aliphatic rings. The van der Waals surface area contributed by atoms with Gasteiger partial charge in [-0.05, 0) is 85.4 Å². The Morgan fingerprint density at radius 1 is 1.06 bits per heavy atom. The maximum absolute atomic E-state index is 11.6. The standard InChI is InChI=1S/C26H21BrN4O2S/c1-16-14-19(10-11-20(16)27)31-24(23(29-26(31)34)21-8-2-3-12-28-21)22-9-5-13-30(22)18-7-4-6-17(15-18)25(32)33/h2-15,23-24H,1H3,(H,29,34)(H,32,33)/t23-,24+/m1/s1. The van der Waals surface area contributed by atoms with E-state index in [1.54, 1.807) is 24.4 Å². The maximum Gasteiger partial charge on any atom is 0.335 e. The predicted molar refractivity (Wildman–Crippen MR) is 140 cm³/mol. The van der Waals surface area contributed by atoms with Crippen LogP contribution in [0.1, 0.15) is 39.4 Å². The molecule has 8 heteroatoms. The number of aromatic nitrogens is 2. The number of nitrogens with zero attached hydrogens (tertiary/aromatic N) is 3. The Labute approximate surface area is 211 Å². The average Bonchev–Trinajstić information content (AvgIpc) is 3.46. The zero-order valence-electron chi connectivity index (χ0n) is 18.2. The molecule has 1 fully saturated rings. The van der Waals surface area contributed by atoms with E-state index in [0.717, 1.165) is 32.8 Å². The first-order valence-electron chi connectivity index (χ1n) is 10.7. The van der Waals surface area contributed by atoms with E-state index < -0.39 is 5.97 Å². The first-order valence-corrected chi connectivity index (χ1v) is 11.9. The molecule has 1 saturated heterocycles. The van der Waals surface area contributed by atoms with Crippen LogP contribution in [0.3, 0.4) is 0 Å². The number of aryl methyl sites for hydroxylation is 1. The van der Waals surface area contributed by atoms with Gasteiger partial charge in [-0.3, -0.25) is 4.98 Å². The topological polar surface area (TPSA) is 70.4 Å². The number of halogens is 1. The monoisotopic (exact) mass is 532 g/mol. The summed E-state index contributed by atoms with van der Waals surface area (Å²) in [4.78, 5) is 18.3. The second-order valence-electron chi connectivity index (χ2n) is 8.09. The molecule has 5 rings (SSSR count). The van der Waals surface area contributed by atoms with Crippen molar-refractivity contribution < 1.29 is 9.90 Å². The van der Waals surface area contributed by atoms with Crippen molar-refractivity contribution in [3.8, 4) is 5.69 Å². The van der Waals surface area contributed by atoms with E-state index >= 15 is 0 Å². The fraction of sp³-hybridized carbons (Fsp3) is 0.115. The fourth-order valence-corrected chi connectivity index (χ4v) is 4.96. The molecule has 0 saturated carbocycles. The Hall–Kier alpha value is -3.49. The van der Waals surface area contributed by atoms with Crippen LogP contribution in [-0.2, 0) is 0 Å². The Kier molecular flexibility index (Phi) is 5.93. The third-order valence-corrected chi connectivity index (χ3v) is 7.18. The Balaban J connectivity index is 1.67. The molecule has 2 aromatic carbocycles. The van der Waals surface area contributed by atoms with Gasteiger partial charge in [-0.15, -0.1) is 0 Å². The van der Waals surface area contributed by atoms with Gasteiger partial charge < -0.3 is 19.9 Å². The SMILES string of the molecule is Cc1cc(N2C(=S)N[C@H](c3ccccn3)[C@@H]2c2cccn2-c2cccc(C(=O)O)c2)ccc1Br. The smallest absolute Gasteiger partial charge is 0.335 e. The summed E-state index contributed by atoms with van der Waals surface area (Å²) < 4.78 is 3.04. The summed E-state index contributed by atoms with van der Waals surface area (Å²) in [7, 11) is 0. The number of thiocarbonyl (C=S) groups is 1. The molecule has 3 heterocycles. The number of benzene rings is 2. The molecule has 4 aromatic rings. The number of carboxylic acids is 1. The van der Waals surface area contributed by atoms with Crippen molar-refractivity contribution >= 4 is 44.9 Å². The number of anilines is 1. The lowest BCUT2D eigenvalue weighted by atomic mass is 10.0. The van der Waals surface area contributed by atoms with Crippen LogP contribution in [0.4, 0.5) is 5.69 Å². The van der Waals surface area contributed by atoms with Crippen LogP contribution in [0.5, 0.6) is 0 Å². The van der Waals surface area contributed by atoms with Gasteiger partial charge in [-0.25, -0.2) is 4.79 Å². The maximum atomic E-state index is 11.6. The molecule has 0 unspecified atom stereocenters. The number of rotatable bonds is 5. The third-order valence-electron chi connectivity index (χ3n) is 5.97. The molecule has 170 valence electrons. The lowest BCUT2D eigenvalue weighted by molar-refractivity contribution is 0.0697.